The van der Waals surface area contributed by atoms with Crippen LogP contribution < -0.4 is 0 Å². The molecule has 1 aliphatic rings. The smallest absolute Gasteiger partial charge is 0.250 e. The van der Waals surface area contributed by atoms with Crippen molar-refractivity contribution in [1.29, 1.82) is 0 Å². The van der Waals surface area contributed by atoms with Crippen molar-refractivity contribution in [3.05, 3.63) is 89.7 Å². The number of hydrogen-bond acceptors (Lipinski definition) is 2. The van der Waals surface area contributed by atoms with Crippen LogP contribution in [0.3, 0.4) is 0 Å². The van der Waals surface area contributed by atoms with E-state index in [4.69, 9.17) is 8.85 Å². The average Bonchev–Trinajstić information content (AvgIpc) is 3.09. The van der Waals surface area contributed by atoms with Gasteiger partial charge in [-0.25, -0.2) is 0 Å². The molecule has 0 aromatic heterocycles. The molecule has 0 saturated carbocycles. The molecule has 2 aromatic carbocycles. The van der Waals surface area contributed by atoms with E-state index in [-0.39, 0.29) is 16.0 Å². The van der Waals surface area contributed by atoms with Gasteiger partial charge in [0.1, 0.15) is 11.4 Å². The fraction of sp³-hybridized carbons (Fsp3) is 0.484. The molecule has 0 N–H and O–H groups in total. The summed E-state index contributed by atoms with van der Waals surface area (Å²) in [6.07, 6.45) is 7.74. The van der Waals surface area contributed by atoms with Gasteiger partial charge >= 0.3 is 0 Å². The lowest BCUT2D eigenvalue weighted by molar-refractivity contribution is 0.0956. The molecular weight excluding hydrogens is 461 g/mol. The molecule has 2 aromatic rings. The second kappa shape index (κ2) is 9.87. The van der Waals surface area contributed by atoms with Crippen LogP contribution in [0.2, 0.25) is 36.3 Å². The molecule has 0 saturated heterocycles. The van der Waals surface area contributed by atoms with Gasteiger partial charge in [0.2, 0.25) is 8.32 Å². The first-order valence-electron chi connectivity index (χ1n) is 13.0. The molecule has 0 radical (unpaired) electrons. The minimum Gasteiger partial charge on any atom is -0.544 e. The van der Waals surface area contributed by atoms with Gasteiger partial charge in [-0.1, -0.05) is 108 Å². The molecule has 4 heteroatoms. The Morgan fingerprint density at radius 3 is 1.80 bits per heavy atom. The zero-order chi connectivity index (χ0) is 26.1. The van der Waals surface area contributed by atoms with Crippen molar-refractivity contribution in [3.63, 3.8) is 0 Å². The molecule has 1 aliphatic carbocycles. The number of rotatable bonds is 7. The molecule has 0 bridgehead atoms. The summed E-state index contributed by atoms with van der Waals surface area (Å²) in [4.78, 5) is 0. The third-order valence-electron chi connectivity index (χ3n) is 8.28. The Morgan fingerprint density at radius 2 is 1.29 bits per heavy atom. The average molecular weight is 507 g/mol. The molecule has 3 rings (SSSR count). The maximum absolute atomic E-state index is 7.38. The van der Waals surface area contributed by atoms with Crippen LogP contribution in [-0.2, 0) is 8.85 Å². The minimum atomic E-state index is -2.13. The maximum atomic E-state index is 7.38. The zero-order valence-electron chi connectivity index (χ0n) is 23.6. The Bertz CT molecular complexity index is 1040. The molecule has 2 nitrogen and oxygen atoms in total. The fourth-order valence-electron chi connectivity index (χ4n) is 3.95. The van der Waals surface area contributed by atoms with E-state index in [1.54, 1.807) is 0 Å². The van der Waals surface area contributed by atoms with Crippen molar-refractivity contribution in [2.45, 2.75) is 95.7 Å². The van der Waals surface area contributed by atoms with Crippen molar-refractivity contribution in [2.75, 3.05) is 0 Å². The van der Waals surface area contributed by atoms with Gasteiger partial charge in [-0.15, -0.1) is 0 Å². The van der Waals surface area contributed by atoms with Crippen LogP contribution in [-0.4, -0.2) is 22.2 Å². The molecule has 0 heterocycles. The van der Waals surface area contributed by atoms with Gasteiger partial charge < -0.3 is 8.85 Å². The predicted octanol–water partition coefficient (Wildman–Crippen LogP) is 9.55. The van der Waals surface area contributed by atoms with Gasteiger partial charge in [0, 0.05) is 5.92 Å². The van der Waals surface area contributed by atoms with Gasteiger partial charge in [-0.2, -0.15) is 0 Å². The van der Waals surface area contributed by atoms with Gasteiger partial charge in [0.15, 0.2) is 8.32 Å². The molecular formula is C31H46O2Si2. The Hall–Kier alpha value is -1.89. The third kappa shape index (κ3) is 6.28. The van der Waals surface area contributed by atoms with Crippen molar-refractivity contribution < 1.29 is 8.85 Å². The first kappa shape index (κ1) is 27.7. The van der Waals surface area contributed by atoms with Crippen molar-refractivity contribution >= 4 is 22.7 Å². The van der Waals surface area contributed by atoms with Gasteiger partial charge in [0.25, 0.3) is 0 Å². The van der Waals surface area contributed by atoms with E-state index in [1.807, 2.05) is 0 Å². The van der Waals surface area contributed by atoms with E-state index in [2.05, 4.69) is 147 Å². The van der Waals surface area contributed by atoms with E-state index < -0.39 is 22.2 Å². The highest BCUT2D eigenvalue weighted by atomic mass is 28.4. The van der Waals surface area contributed by atoms with Gasteiger partial charge in [-0.05, 0) is 66.0 Å². The summed E-state index contributed by atoms with van der Waals surface area (Å²) in [7, 11) is -4.22. The number of hydrogen-bond donors (Lipinski definition) is 0. The normalized spacial score (nSPS) is 21.9. The molecule has 0 unspecified atom stereocenters. The van der Waals surface area contributed by atoms with Crippen molar-refractivity contribution in [1.82, 2.24) is 0 Å². The number of allylic oxidation sites excluding steroid dienone is 1. The van der Waals surface area contributed by atoms with Crippen LogP contribution in [0.5, 0.6) is 0 Å². The topological polar surface area (TPSA) is 18.5 Å². The first-order valence-corrected chi connectivity index (χ1v) is 18.8. The summed E-state index contributed by atoms with van der Waals surface area (Å²) >= 11 is 0. The molecule has 0 fully saturated rings. The Kier molecular flexibility index (Phi) is 7.81. The van der Waals surface area contributed by atoms with Crippen LogP contribution in [0.25, 0.3) is 6.08 Å². The third-order valence-corrected chi connectivity index (χ3v) is 17.1. The van der Waals surface area contributed by atoms with E-state index in [0.717, 1.165) is 12.2 Å². The number of benzene rings is 2. The second-order valence-electron chi connectivity index (χ2n) is 13.1. The zero-order valence-corrected chi connectivity index (χ0v) is 25.6. The van der Waals surface area contributed by atoms with Crippen LogP contribution >= 0.6 is 0 Å². The van der Waals surface area contributed by atoms with E-state index >= 15 is 0 Å². The molecule has 2 atom stereocenters. The lowest BCUT2D eigenvalue weighted by atomic mass is 9.92. The van der Waals surface area contributed by atoms with Crippen LogP contribution in [0, 0.1) is 0 Å². The summed E-state index contributed by atoms with van der Waals surface area (Å²) in [5.74, 6) is 1.26. The monoisotopic (exact) mass is 506 g/mol. The summed E-state index contributed by atoms with van der Waals surface area (Å²) < 4.78 is 14.5. The Labute approximate surface area is 216 Å². The molecule has 35 heavy (non-hydrogen) atoms. The molecule has 190 valence electrons. The standard InChI is InChI=1S/C31H46O2Si2/c1-29(2,3)34(7,8)32-28-23-27(26-19-15-12-16-20-26)24-31(28,33-35(9,10)30(4,5)6)22-21-25-17-13-11-14-18-25/h11-23,27H,24H2,1-10H3/b22-21+/t27-,31+/m1/s1. The highest BCUT2D eigenvalue weighted by Crippen LogP contribution is 2.51. The van der Waals surface area contributed by atoms with Crippen molar-refractivity contribution in [3.8, 4) is 0 Å². The summed E-state index contributed by atoms with van der Waals surface area (Å²) in [6.45, 7) is 23.2. The maximum Gasteiger partial charge on any atom is 0.250 e. The summed E-state index contributed by atoms with van der Waals surface area (Å²) in [5.41, 5.74) is 1.91. The lowest BCUT2D eigenvalue weighted by Gasteiger charge is -2.46. The molecule has 0 amide bonds. The Morgan fingerprint density at radius 1 is 0.771 bits per heavy atom. The second-order valence-corrected chi connectivity index (χ2v) is 22.6. The van der Waals surface area contributed by atoms with Crippen molar-refractivity contribution in [2.24, 2.45) is 0 Å². The predicted molar refractivity (Wildman–Crippen MR) is 157 cm³/mol. The molecule has 0 spiro atoms. The lowest BCUT2D eigenvalue weighted by Crippen LogP contribution is -2.51. The van der Waals surface area contributed by atoms with Gasteiger partial charge in [-0.3, -0.25) is 0 Å². The van der Waals surface area contributed by atoms with E-state index in [0.29, 0.717) is 0 Å². The SMILES string of the molecule is CC(C)(C)[Si](C)(C)OC1=C[C@@H](c2ccccc2)C[C@]1(/C=C/c1ccccc1)O[Si](C)(C)C(C)(C)C. The molecule has 0 aliphatic heterocycles. The fourth-order valence-corrected chi connectivity index (χ4v) is 6.52. The highest BCUT2D eigenvalue weighted by molar-refractivity contribution is 6.75. The highest BCUT2D eigenvalue weighted by Gasteiger charge is 2.52. The largest absolute Gasteiger partial charge is 0.544 e. The van der Waals surface area contributed by atoms with E-state index in [1.165, 1.54) is 11.1 Å². The summed E-state index contributed by atoms with van der Waals surface area (Å²) in [6, 6.07) is 21.4. The minimum absolute atomic E-state index is 0.0908. The Balaban J connectivity index is 2.16. The van der Waals surface area contributed by atoms with E-state index in [9.17, 15) is 0 Å². The quantitative estimate of drug-likeness (QED) is 0.348. The van der Waals surface area contributed by atoms with Crippen LogP contribution in [0.1, 0.15) is 65.0 Å². The van der Waals surface area contributed by atoms with Crippen LogP contribution in [0.15, 0.2) is 78.6 Å². The van der Waals surface area contributed by atoms with Crippen LogP contribution in [0.4, 0.5) is 0 Å². The van der Waals surface area contributed by atoms with Gasteiger partial charge in [0.05, 0.1) is 0 Å². The summed E-state index contributed by atoms with van der Waals surface area (Å²) in [5, 5.41) is 0.192. The first-order chi connectivity index (χ1) is 16.1.